The lowest BCUT2D eigenvalue weighted by Crippen LogP contribution is -2.08. The second-order valence-electron chi connectivity index (χ2n) is 2.76. The number of nitrogens with two attached hydrogens (primary N) is 1. The summed E-state index contributed by atoms with van der Waals surface area (Å²) in [5.41, 5.74) is 5.47. The molecule has 1 saturated carbocycles. The molecule has 1 aliphatic carbocycles. The zero-order valence-electron chi connectivity index (χ0n) is 4.84. The van der Waals surface area contributed by atoms with Gasteiger partial charge in [0, 0.05) is 0 Å². The van der Waals surface area contributed by atoms with Crippen LogP contribution in [0.3, 0.4) is 0 Å². The average Bonchev–Trinajstić information content (AvgIpc) is 2.22. The largest absolute Gasteiger partial charge is 0.381 e. The second-order valence-corrected chi connectivity index (χ2v) is 2.76. The van der Waals surface area contributed by atoms with Gasteiger partial charge in [0.05, 0.1) is 13.2 Å². The van der Waals surface area contributed by atoms with E-state index in [0.717, 1.165) is 37.5 Å². The van der Waals surface area contributed by atoms with Gasteiger partial charge in [-0.25, -0.2) is 0 Å². The highest BCUT2D eigenvalue weighted by molar-refractivity contribution is 5.00. The van der Waals surface area contributed by atoms with Crippen molar-refractivity contribution in [3.63, 3.8) is 0 Å². The molecule has 2 aliphatic rings. The first-order chi connectivity index (χ1) is 3.93. The van der Waals surface area contributed by atoms with E-state index in [9.17, 15) is 0 Å². The van der Waals surface area contributed by atoms with Crippen LogP contribution in [0, 0.1) is 17.8 Å². The van der Waals surface area contributed by atoms with Gasteiger partial charge in [0.25, 0.3) is 0 Å². The van der Waals surface area contributed by atoms with Crippen LogP contribution in [0.1, 0.15) is 0 Å². The van der Waals surface area contributed by atoms with Gasteiger partial charge in [0.1, 0.15) is 0 Å². The van der Waals surface area contributed by atoms with Crippen molar-refractivity contribution in [2.24, 2.45) is 23.5 Å². The van der Waals surface area contributed by atoms with Crippen LogP contribution < -0.4 is 5.73 Å². The minimum atomic E-state index is 0.823. The SMILES string of the molecule is NCC1C2COCC12. The molecule has 2 nitrogen and oxygen atoms in total. The van der Waals surface area contributed by atoms with Crippen molar-refractivity contribution >= 4 is 0 Å². The Morgan fingerprint density at radius 2 is 2.00 bits per heavy atom. The predicted octanol–water partition coefficient (Wildman–Crippen LogP) is -0.163. The lowest BCUT2D eigenvalue weighted by atomic mass is 10.3. The molecule has 0 radical (unpaired) electrons. The molecule has 1 saturated heterocycles. The van der Waals surface area contributed by atoms with E-state index in [4.69, 9.17) is 10.5 Å². The van der Waals surface area contributed by atoms with Crippen molar-refractivity contribution in [1.29, 1.82) is 0 Å². The van der Waals surface area contributed by atoms with E-state index in [0.29, 0.717) is 0 Å². The summed E-state index contributed by atoms with van der Waals surface area (Å²) >= 11 is 0. The van der Waals surface area contributed by atoms with Gasteiger partial charge in [0.2, 0.25) is 0 Å². The van der Waals surface area contributed by atoms with Crippen LogP contribution in [0.4, 0.5) is 0 Å². The molecule has 2 unspecified atom stereocenters. The lowest BCUT2D eigenvalue weighted by Gasteiger charge is -1.97. The minimum absolute atomic E-state index is 0.823. The summed E-state index contributed by atoms with van der Waals surface area (Å²) in [6, 6.07) is 0. The highest BCUT2D eigenvalue weighted by Gasteiger charge is 2.52. The van der Waals surface area contributed by atoms with Gasteiger partial charge in [-0.3, -0.25) is 0 Å². The normalized spacial score (nSPS) is 51.4. The van der Waals surface area contributed by atoms with E-state index in [1.54, 1.807) is 0 Å². The molecule has 0 aromatic heterocycles. The molecule has 2 atom stereocenters. The Morgan fingerprint density at radius 3 is 2.38 bits per heavy atom. The van der Waals surface area contributed by atoms with E-state index in [1.165, 1.54) is 0 Å². The standard InChI is InChI=1S/C6H11NO/c7-1-4-5-2-8-3-6(4)5/h4-6H,1-3,7H2. The Bertz CT molecular complexity index is 87.9. The lowest BCUT2D eigenvalue weighted by molar-refractivity contribution is 0.152. The Kier molecular flexibility index (Phi) is 0.866. The molecule has 0 aromatic carbocycles. The summed E-state index contributed by atoms with van der Waals surface area (Å²) in [5, 5.41) is 0. The molecular formula is C6H11NO. The highest BCUT2D eigenvalue weighted by Crippen LogP contribution is 2.49. The van der Waals surface area contributed by atoms with Crippen molar-refractivity contribution in [2.75, 3.05) is 19.8 Å². The molecule has 2 fully saturated rings. The summed E-state index contributed by atoms with van der Waals surface area (Å²) in [6.07, 6.45) is 0. The van der Waals surface area contributed by atoms with Crippen molar-refractivity contribution in [1.82, 2.24) is 0 Å². The second kappa shape index (κ2) is 1.45. The summed E-state index contributed by atoms with van der Waals surface area (Å²) in [6.45, 7) is 2.83. The van der Waals surface area contributed by atoms with Gasteiger partial charge in [-0.2, -0.15) is 0 Å². The third-order valence-electron chi connectivity index (χ3n) is 2.40. The summed E-state index contributed by atoms with van der Waals surface area (Å²) in [5.74, 6) is 2.52. The zero-order chi connectivity index (χ0) is 5.56. The number of hydrogen-bond donors (Lipinski definition) is 1. The fourth-order valence-electron chi connectivity index (χ4n) is 1.71. The molecule has 2 heteroatoms. The van der Waals surface area contributed by atoms with Gasteiger partial charge >= 0.3 is 0 Å². The van der Waals surface area contributed by atoms with Gasteiger partial charge in [-0.1, -0.05) is 0 Å². The highest BCUT2D eigenvalue weighted by atomic mass is 16.5. The van der Waals surface area contributed by atoms with E-state index in [-0.39, 0.29) is 0 Å². The smallest absolute Gasteiger partial charge is 0.0501 e. The van der Waals surface area contributed by atoms with E-state index < -0.39 is 0 Å². The molecule has 1 aliphatic heterocycles. The number of rotatable bonds is 1. The number of ether oxygens (including phenoxy) is 1. The van der Waals surface area contributed by atoms with Crippen LogP contribution in [0.2, 0.25) is 0 Å². The fourth-order valence-corrected chi connectivity index (χ4v) is 1.71. The van der Waals surface area contributed by atoms with Crippen LogP contribution in [0.25, 0.3) is 0 Å². The maximum absolute atomic E-state index is 5.47. The zero-order valence-corrected chi connectivity index (χ0v) is 4.84. The monoisotopic (exact) mass is 113 g/mol. The predicted molar refractivity (Wildman–Crippen MR) is 30.3 cm³/mol. The Balaban J connectivity index is 1.94. The molecule has 0 aromatic rings. The topological polar surface area (TPSA) is 35.2 Å². The van der Waals surface area contributed by atoms with Gasteiger partial charge in [0.15, 0.2) is 0 Å². The van der Waals surface area contributed by atoms with Crippen molar-refractivity contribution in [2.45, 2.75) is 0 Å². The van der Waals surface area contributed by atoms with Crippen LogP contribution in [0.15, 0.2) is 0 Å². The van der Waals surface area contributed by atoms with Gasteiger partial charge < -0.3 is 10.5 Å². The molecule has 0 bridgehead atoms. The first kappa shape index (κ1) is 4.77. The van der Waals surface area contributed by atoms with Crippen LogP contribution in [-0.4, -0.2) is 19.8 Å². The maximum Gasteiger partial charge on any atom is 0.0501 e. The fraction of sp³-hybridized carbons (Fsp3) is 1.00. The van der Waals surface area contributed by atoms with Crippen LogP contribution >= 0.6 is 0 Å². The number of fused-ring (bicyclic) bond motifs is 1. The molecule has 46 valence electrons. The summed E-state index contributed by atoms with van der Waals surface area (Å²) in [7, 11) is 0. The van der Waals surface area contributed by atoms with E-state index in [2.05, 4.69) is 0 Å². The first-order valence-electron chi connectivity index (χ1n) is 3.21. The van der Waals surface area contributed by atoms with Gasteiger partial charge in [-0.05, 0) is 24.3 Å². The van der Waals surface area contributed by atoms with E-state index in [1.807, 2.05) is 0 Å². The minimum Gasteiger partial charge on any atom is -0.381 e. The van der Waals surface area contributed by atoms with Crippen molar-refractivity contribution in [3.8, 4) is 0 Å². The first-order valence-corrected chi connectivity index (χ1v) is 3.21. The van der Waals surface area contributed by atoms with Gasteiger partial charge in [-0.15, -0.1) is 0 Å². The Labute approximate surface area is 49.0 Å². The third kappa shape index (κ3) is 0.446. The van der Waals surface area contributed by atoms with Crippen LogP contribution in [0.5, 0.6) is 0 Å². The molecule has 2 N–H and O–H groups in total. The molecule has 0 spiro atoms. The van der Waals surface area contributed by atoms with Crippen LogP contribution in [-0.2, 0) is 4.74 Å². The molecular weight excluding hydrogens is 102 g/mol. The molecule has 1 heterocycles. The Hall–Kier alpha value is -0.0800. The summed E-state index contributed by atoms with van der Waals surface area (Å²) in [4.78, 5) is 0. The molecule has 8 heavy (non-hydrogen) atoms. The van der Waals surface area contributed by atoms with Crippen molar-refractivity contribution < 1.29 is 4.74 Å². The van der Waals surface area contributed by atoms with E-state index >= 15 is 0 Å². The van der Waals surface area contributed by atoms with Crippen molar-refractivity contribution in [3.05, 3.63) is 0 Å². The summed E-state index contributed by atoms with van der Waals surface area (Å²) < 4.78 is 5.18. The molecule has 2 rings (SSSR count). The third-order valence-corrected chi connectivity index (χ3v) is 2.40. The number of hydrogen-bond acceptors (Lipinski definition) is 2. The maximum atomic E-state index is 5.47. The Morgan fingerprint density at radius 1 is 1.38 bits per heavy atom. The average molecular weight is 113 g/mol. The molecule has 0 amide bonds. The quantitative estimate of drug-likeness (QED) is 0.512.